The van der Waals surface area contributed by atoms with Gasteiger partial charge in [0.15, 0.2) is 22.2 Å². The minimum atomic E-state index is -3.76. The highest BCUT2D eigenvalue weighted by Gasteiger charge is 2.29. The lowest BCUT2D eigenvalue weighted by Gasteiger charge is -2.23. The van der Waals surface area contributed by atoms with E-state index >= 15 is 0 Å². The van der Waals surface area contributed by atoms with Crippen LogP contribution in [0.15, 0.2) is 27.6 Å². The molecule has 22 heavy (non-hydrogen) atoms. The first-order valence-corrected chi connectivity index (χ1v) is 8.16. The maximum Gasteiger partial charge on any atom is 0.269 e. The van der Waals surface area contributed by atoms with Crippen LogP contribution >= 0.6 is 0 Å². The van der Waals surface area contributed by atoms with Crippen LogP contribution in [0.25, 0.3) is 0 Å². The zero-order chi connectivity index (χ0) is 15.9. The summed E-state index contributed by atoms with van der Waals surface area (Å²) in [7, 11) is -2.28. The largest absolute Gasteiger partial charge is 0.486 e. The highest BCUT2D eigenvalue weighted by atomic mass is 32.2. The number of fused-ring (bicyclic) bond motifs is 1. The summed E-state index contributed by atoms with van der Waals surface area (Å²) in [5, 5.41) is 3.70. The number of hydrogen-bond acceptors (Lipinski definition) is 6. The highest BCUT2D eigenvalue weighted by molar-refractivity contribution is 7.92. The van der Waals surface area contributed by atoms with E-state index in [-0.39, 0.29) is 10.7 Å². The van der Waals surface area contributed by atoms with Crippen molar-refractivity contribution in [3.8, 4) is 11.5 Å². The van der Waals surface area contributed by atoms with Gasteiger partial charge in [-0.05, 0) is 26.0 Å². The molecule has 3 rings (SSSR count). The molecule has 1 aliphatic rings. The van der Waals surface area contributed by atoms with Gasteiger partial charge in [0.1, 0.15) is 18.9 Å². The Morgan fingerprint density at radius 1 is 1.14 bits per heavy atom. The number of ether oxygens (including phenoxy) is 2. The van der Waals surface area contributed by atoms with E-state index < -0.39 is 10.0 Å². The number of aryl methyl sites for hydroxylation is 2. The molecule has 1 aromatic carbocycles. The van der Waals surface area contributed by atoms with Crippen LogP contribution in [-0.4, -0.2) is 33.8 Å². The second-order valence-corrected chi connectivity index (χ2v) is 6.86. The molecule has 0 unspecified atom stereocenters. The lowest BCUT2D eigenvalue weighted by molar-refractivity contribution is 0.171. The molecule has 0 amide bonds. The number of hydrogen-bond donors (Lipinski definition) is 0. The average molecular weight is 324 g/mol. The Morgan fingerprint density at radius 3 is 2.45 bits per heavy atom. The first-order chi connectivity index (χ1) is 10.4. The van der Waals surface area contributed by atoms with Gasteiger partial charge in [0.2, 0.25) is 0 Å². The molecule has 0 saturated heterocycles. The van der Waals surface area contributed by atoms with E-state index in [9.17, 15) is 8.42 Å². The standard InChI is InChI=1S/C14H16N2O5S/c1-9-14(10(2)21-15-9)22(17,18)16(3)11-4-5-12-13(8-11)20-7-6-19-12/h4-5,8H,6-7H2,1-3H3. The molecule has 0 radical (unpaired) electrons. The van der Waals surface area contributed by atoms with Gasteiger partial charge in [-0.15, -0.1) is 0 Å². The second kappa shape index (κ2) is 5.20. The highest BCUT2D eigenvalue weighted by Crippen LogP contribution is 2.35. The fraction of sp³-hybridized carbons (Fsp3) is 0.357. The fourth-order valence-corrected chi connectivity index (χ4v) is 3.82. The van der Waals surface area contributed by atoms with E-state index in [1.54, 1.807) is 32.0 Å². The molecule has 8 heteroatoms. The molecule has 0 saturated carbocycles. The van der Waals surface area contributed by atoms with Crippen molar-refractivity contribution >= 4 is 15.7 Å². The van der Waals surface area contributed by atoms with Crippen LogP contribution in [0.5, 0.6) is 11.5 Å². The molecule has 1 aromatic heterocycles. The van der Waals surface area contributed by atoms with Gasteiger partial charge in [-0.3, -0.25) is 4.31 Å². The Balaban J connectivity index is 2.02. The predicted molar refractivity (Wildman–Crippen MR) is 79.0 cm³/mol. The molecule has 0 atom stereocenters. The van der Waals surface area contributed by atoms with E-state index in [0.29, 0.717) is 36.1 Å². The molecule has 0 spiro atoms. The third kappa shape index (κ3) is 2.29. The SMILES string of the molecule is Cc1noc(C)c1S(=O)(=O)N(C)c1ccc2c(c1)OCCO2. The molecule has 2 heterocycles. The van der Waals surface area contributed by atoms with Crippen LogP contribution in [0, 0.1) is 13.8 Å². The van der Waals surface area contributed by atoms with Crippen LogP contribution < -0.4 is 13.8 Å². The summed E-state index contributed by atoms with van der Waals surface area (Å²) in [6.07, 6.45) is 0. The second-order valence-electron chi connectivity index (χ2n) is 4.95. The Morgan fingerprint density at radius 2 is 1.82 bits per heavy atom. The summed E-state index contributed by atoms with van der Waals surface area (Å²) in [5.41, 5.74) is 0.811. The summed E-state index contributed by atoms with van der Waals surface area (Å²) in [6.45, 7) is 4.10. The molecule has 0 N–H and O–H groups in total. The van der Waals surface area contributed by atoms with Crippen molar-refractivity contribution in [1.29, 1.82) is 0 Å². The number of aromatic nitrogens is 1. The van der Waals surface area contributed by atoms with Crippen molar-refractivity contribution in [1.82, 2.24) is 5.16 Å². The quantitative estimate of drug-likeness (QED) is 0.857. The number of nitrogens with zero attached hydrogens (tertiary/aromatic N) is 2. The third-order valence-corrected chi connectivity index (χ3v) is 5.51. The van der Waals surface area contributed by atoms with E-state index in [1.807, 2.05) is 0 Å². The topological polar surface area (TPSA) is 81.9 Å². The number of benzene rings is 1. The molecule has 0 fully saturated rings. The maximum absolute atomic E-state index is 12.8. The molecule has 1 aliphatic heterocycles. The fourth-order valence-electron chi connectivity index (χ4n) is 2.35. The summed E-state index contributed by atoms with van der Waals surface area (Å²) in [4.78, 5) is 0.0879. The molecule has 2 aromatic rings. The van der Waals surface area contributed by atoms with Crippen molar-refractivity contribution in [3.63, 3.8) is 0 Å². The van der Waals surface area contributed by atoms with Gasteiger partial charge in [-0.2, -0.15) is 0 Å². The van der Waals surface area contributed by atoms with Gasteiger partial charge >= 0.3 is 0 Å². The van der Waals surface area contributed by atoms with Gasteiger partial charge in [-0.25, -0.2) is 8.42 Å². The number of sulfonamides is 1. The lowest BCUT2D eigenvalue weighted by Crippen LogP contribution is -2.27. The van der Waals surface area contributed by atoms with E-state index in [4.69, 9.17) is 14.0 Å². The van der Waals surface area contributed by atoms with E-state index in [1.165, 1.54) is 11.4 Å². The molecule has 7 nitrogen and oxygen atoms in total. The van der Waals surface area contributed by atoms with Crippen molar-refractivity contribution in [2.45, 2.75) is 18.7 Å². The summed E-state index contributed by atoms with van der Waals surface area (Å²) < 4.78 is 42.6. The molecule has 118 valence electrons. The van der Waals surface area contributed by atoms with Crippen molar-refractivity contribution in [3.05, 3.63) is 29.7 Å². The van der Waals surface area contributed by atoms with Crippen LogP contribution in [0.4, 0.5) is 5.69 Å². The molecule has 0 bridgehead atoms. The minimum absolute atomic E-state index is 0.0879. The molecular formula is C14H16N2O5S. The van der Waals surface area contributed by atoms with Gasteiger partial charge in [0.05, 0.1) is 5.69 Å². The van der Waals surface area contributed by atoms with Crippen LogP contribution in [0.3, 0.4) is 0 Å². The smallest absolute Gasteiger partial charge is 0.269 e. The summed E-state index contributed by atoms with van der Waals surface area (Å²) in [5.74, 6) is 1.41. The zero-order valence-corrected chi connectivity index (χ0v) is 13.3. The first kappa shape index (κ1) is 14.7. The Bertz CT molecular complexity index is 793. The van der Waals surface area contributed by atoms with Crippen LogP contribution in [-0.2, 0) is 10.0 Å². The van der Waals surface area contributed by atoms with E-state index in [2.05, 4.69) is 5.16 Å². The maximum atomic E-state index is 12.8. The predicted octanol–water partition coefficient (Wildman–Crippen LogP) is 1.89. The van der Waals surface area contributed by atoms with Gasteiger partial charge in [0.25, 0.3) is 10.0 Å². The minimum Gasteiger partial charge on any atom is -0.486 e. The summed E-state index contributed by atoms with van der Waals surface area (Å²) in [6, 6.07) is 5.01. The Hall–Kier alpha value is -2.22. The first-order valence-electron chi connectivity index (χ1n) is 6.72. The normalized spacial score (nSPS) is 14.0. The number of anilines is 1. The van der Waals surface area contributed by atoms with Gasteiger partial charge < -0.3 is 14.0 Å². The molecule has 0 aliphatic carbocycles. The van der Waals surface area contributed by atoms with Crippen molar-refractivity contribution in [2.75, 3.05) is 24.6 Å². The van der Waals surface area contributed by atoms with Crippen LogP contribution in [0.1, 0.15) is 11.5 Å². The third-order valence-electron chi connectivity index (χ3n) is 3.48. The monoisotopic (exact) mass is 324 g/mol. The molecular weight excluding hydrogens is 308 g/mol. The van der Waals surface area contributed by atoms with Gasteiger partial charge in [0, 0.05) is 13.1 Å². The lowest BCUT2D eigenvalue weighted by atomic mass is 10.2. The van der Waals surface area contributed by atoms with Crippen molar-refractivity contribution in [2.24, 2.45) is 0 Å². The average Bonchev–Trinajstić information content (AvgIpc) is 2.85. The van der Waals surface area contributed by atoms with Crippen molar-refractivity contribution < 1.29 is 22.4 Å². The summed E-state index contributed by atoms with van der Waals surface area (Å²) >= 11 is 0. The Labute approximate surface area is 128 Å². The van der Waals surface area contributed by atoms with Gasteiger partial charge in [-0.1, -0.05) is 5.16 Å². The van der Waals surface area contributed by atoms with Crippen LogP contribution in [0.2, 0.25) is 0 Å². The van der Waals surface area contributed by atoms with E-state index in [0.717, 1.165) is 0 Å². The number of rotatable bonds is 3. The Kier molecular flexibility index (Phi) is 3.48. The zero-order valence-electron chi connectivity index (χ0n) is 12.5.